The maximum absolute atomic E-state index is 11.7. The largest absolute Gasteiger partial charge is 0.378 e. The highest BCUT2D eigenvalue weighted by atomic mass is 16.5. The summed E-state index contributed by atoms with van der Waals surface area (Å²) < 4.78 is 5.20. The van der Waals surface area contributed by atoms with Crippen LogP contribution >= 0.6 is 0 Å². The fourth-order valence-electron chi connectivity index (χ4n) is 1.74. The Morgan fingerprint density at radius 3 is 2.24 bits per heavy atom. The molecule has 1 aliphatic heterocycles. The Hall–Kier alpha value is -1.14. The van der Waals surface area contributed by atoms with Crippen molar-refractivity contribution < 1.29 is 14.3 Å². The third-order valence-electron chi connectivity index (χ3n) is 2.62. The molecule has 17 heavy (non-hydrogen) atoms. The van der Waals surface area contributed by atoms with Crippen molar-refractivity contribution in [1.29, 1.82) is 0 Å². The fraction of sp³-hybridized carbons (Fsp3) is 0.818. The summed E-state index contributed by atoms with van der Waals surface area (Å²) in [5.74, 6) is 0.0136. The third-order valence-corrected chi connectivity index (χ3v) is 2.62. The molecule has 0 atom stereocenters. The summed E-state index contributed by atoms with van der Waals surface area (Å²) in [7, 11) is 0. The fourth-order valence-corrected chi connectivity index (χ4v) is 1.74. The van der Waals surface area contributed by atoms with Crippen LogP contribution in [0.3, 0.4) is 0 Å². The molecule has 1 fully saturated rings. The number of nitrogens with two attached hydrogens (primary N) is 1. The third kappa shape index (κ3) is 4.32. The molecule has 98 valence electrons. The highest BCUT2D eigenvalue weighted by Gasteiger charge is 2.28. The van der Waals surface area contributed by atoms with Crippen molar-refractivity contribution in [2.75, 3.05) is 45.9 Å². The molecule has 0 aliphatic carbocycles. The van der Waals surface area contributed by atoms with Gasteiger partial charge in [-0.3, -0.25) is 9.59 Å². The summed E-state index contributed by atoms with van der Waals surface area (Å²) in [6.07, 6.45) is 0.874. The molecule has 6 heteroatoms. The first-order chi connectivity index (χ1) is 8.19. The zero-order chi connectivity index (χ0) is 12.7. The van der Waals surface area contributed by atoms with Crippen LogP contribution in [-0.4, -0.2) is 67.6 Å². The van der Waals surface area contributed by atoms with Gasteiger partial charge in [0.25, 0.3) is 0 Å². The van der Waals surface area contributed by atoms with Crippen molar-refractivity contribution in [2.45, 2.75) is 13.3 Å². The highest BCUT2D eigenvalue weighted by Crippen LogP contribution is 2.05. The molecule has 1 rings (SSSR count). The van der Waals surface area contributed by atoms with E-state index in [4.69, 9.17) is 10.5 Å². The summed E-state index contributed by atoms with van der Waals surface area (Å²) in [4.78, 5) is 26.6. The van der Waals surface area contributed by atoms with E-state index < -0.39 is 0 Å². The highest BCUT2D eigenvalue weighted by molar-refractivity contribution is 5.92. The molecule has 1 heterocycles. The molecule has 0 aromatic heterocycles. The van der Waals surface area contributed by atoms with Gasteiger partial charge in [-0.25, -0.2) is 0 Å². The van der Waals surface area contributed by atoms with Crippen molar-refractivity contribution in [3.63, 3.8) is 0 Å². The van der Waals surface area contributed by atoms with E-state index in [-0.39, 0.29) is 24.9 Å². The molecule has 1 aliphatic rings. The minimum atomic E-state index is -0.00519. The van der Waals surface area contributed by atoms with Gasteiger partial charge in [0.1, 0.15) is 0 Å². The lowest BCUT2D eigenvalue weighted by Gasteiger charge is -2.33. The van der Waals surface area contributed by atoms with Gasteiger partial charge in [-0.05, 0) is 6.42 Å². The summed E-state index contributed by atoms with van der Waals surface area (Å²) in [5.41, 5.74) is 5.28. The molecule has 2 N–H and O–H groups in total. The monoisotopic (exact) mass is 243 g/mol. The lowest BCUT2D eigenvalue weighted by atomic mass is 10.2. The van der Waals surface area contributed by atoms with E-state index in [0.29, 0.717) is 32.8 Å². The van der Waals surface area contributed by atoms with Crippen molar-refractivity contribution >= 4 is 11.8 Å². The molecular formula is C11H21N3O3. The second-order valence-electron chi connectivity index (χ2n) is 4.03. The molecule has 1 saturated heterocycles. The van der Waals surface area contributed by atoms with Crippen LogP contribution in [0.5, 0.6) is 0 Å². The predicted molar refractivity (Wildman–Crippen MR) is 63.3 cm³/mol. The number of piperazine rings is 1. The van der Waals surface area contributed by atoms with Crippen LogP contribution in [0.15, 0.2) is 0 Å². The van der Waals surface area contributed by atoms with Gasteiger partial charge in [0.05, 0.1) is 26.3 Å². The van der Waals surface area contributed by atoms with E-state index in [0.717, 1.165) is 6.42 Å². The number of nitrogens with zero attached hydrogens (tertiary/aromatic N) is 2. The standard InChI is InChI=1S/C11H21N3O3/c1-2-4-13-8-11(16)14(9-10(13)15)5-7-17-6-3-12/h2-9,12H2,1H3. The number of carbonyl (C=O) groups is 2. The second kappa shape index (κ2) is 7.24. The Morgan fingerprint density at radius 2 is 1.71 bits per heavy atom. The number of amides is 2. The van der Waals surface area contributed by atoms with E-state index in [1.165, 1.54) is 0 Å². The van der Waals surface area contributed by atoms with Gasteiger partial charge in [0.15, 0.2) is 0 Å². The molecular weight excluding hydrogens is 222 g/mol. The maximum Gasteiger partial charge on any atom is 0.242 e. The lowest BCUT2D eigenvalue weighted by molar-refractivity contribution is -0.150. The summed E-state index contributed by atoms with van der Waals surface area (Å²) in [5, 5.41) is 0. The summed E-state index contributed by atoms with van der Waals surface area (Å²) >= 11 is 0. The lowest BCUT2D eigenvalue weighted by Crippen LogP contribution is -2.54. The Labute approximate surface area is 102 Å². The molecule has 0 bridgehead atoms. The van der Waals surface area contributed by atoms with E-state index in [1.807, 2.05) is 6.92 Å². The topological polar surface area (TPSA) is 75.9 Å². The SMILES string of the molecule is CCCN1CC(=O)N(CCOCCN)CC1=O. The number of carbonyl (C=O) groups excluding carboxylic acids is 2. The molecule has 0 aromatic carbocycles. The quantitative estimate of drug-likeness (QED) is 0.584. The van der Waals surface area contributed by atoms with Gasteiger partial charge < -0.3 is 20.3 Å². The van der Waals surface area contributed by atoms with Crippen LogP contribution in [0.1, 0.15) is 13.3 Å². The molecule has 0 spiro atoms. The van der Waals surface area contributed by atoms with E-state index in [2.05, 4.69) is 0 Å². The van der Waals surface area contributed by atoms with Gasteiger partial charge in [-0.1, -0.05) is 6.92 Å². The summed E-state index contributed by atoms with van der Waals surface area (Å²) in [6, 6.07) is 0. The van der Waals surface area contributed by atoms with Crippen LogP contribution in [0.4, 0.5) is 0 Å². The smallest absolute Gasteiger partial charge is 0.242 e. The van der Waals surface area contributed by atoms with Gasteiger partial charge in [-0.15, -0.1) is 0 Å². The van der Waals surface area contributed by atoms with E-state index >= 15 is 0 Å². The van der Waals surface area contributed by atoms with Crippen molar-refractivity contribution in [1.82, 2.24) is 9.80 Å². The minimum Gasteiger partial charge on any atom is -0.378 e. The van der Waals surface area contributed by atoms with Crippen molar-refractivity contribution in [2.24, 2.45) is 5.73 Å². The van der Waals surface area contributed by atoms with Gasteiger partial charge >= 0.3 is 0 Å². The second-order valence-corrected chi connectivity index (χ2v) is 4.03. The molecule has 0 unspecified atom stereocenters. The Kier molecular flexibility index (Phi) is 5.93. The number of hydrogen-bond donors (Lipinski definition) is 1. The normalized spacial score (nSPS) is 16.8. The first kappa shape index (κ1) is 13.9. The average Bonchev–Trinajstić information content (AvgIpc) is 2.30. The van der Waals surface area contributed by atoms with Gasteiger partial charge in [-0.2, -0.15) is 0 Å². The van der Waals surface area contributed by atoms with Crippen molar-refractivity contribution in [3.05, 3.63) is 0 Å². The molecule has 0 aromatic rings. The number of ether oxygens (including phenoxy) is 1. The predicted octanol–water partition coefficient (Wildman–Crippen LogP) is -0.957. The van der Waals surface area contributed by atoms with E-state index in [9.17, 15) is 9.59 Å². The Balaban J connectivity index is 2.33. The van der Waals surface area contributed by atoms with Crippen LogP contribution in [0.2, 0.25) is 0 Å². The van der Waals surface area contributed by atoms with Crippen LogP contribution in [0, 0.1) is 0 Å². The first-order valence-electron chi connectivity index (χ1n) is 6.02. The molecule has 2 amide bonds. The Morgan fingerprint density at radius 1 is 1.12 bits per heavy atom. The van der Waals surface area contributed by atoms with Crippen molar-refractivity contribution in [3.8, 4) is 0 Å². The zero-order valence-corrected chi connectivity index (χ0v) is 10.4. The van der Waals surface area contributed by atoms with Gasteiger partial charge in [0, 0.05) is 19.6 Å². The molecule has 0 radical (unpaired) electrons. The minimum absolute atomic E-state index is 0.00519. The Bertz CT molecular complexity index is 271. The zero-order valence-electron chi connectivity index (χ0n) is 10.4. The average molecular weight is 243 g/mol. The summed E-state index contributed by atoms with van der Waals surface area (Å²) in [6.45, 7) is 4.87. The molecule has 0 saturated carbocycles. The van der Waals surface area contributed by atoms with Crippen LogP contribution in [-0.2, 0) is 14.3 Å². The number of rotatable bonds is 7. The molecule has 6 nitrogen and oxygen atoms in total. The van der Waals surface area contributed by atoms with Crippen LogP contribution < -0.4 is 5.73 Å². The number of hydrogen-bond acceptors (Lipinski definition) is 4. The van der Waals surface area contributed by atoms with E-state index in [1.54, 1.807) is 9.80 Å². The van der Waals surface area contributed by atoms with Gasteiger partial charge in [0.2, 0.25) is 11.8 Å². The first-order valence-corrected chi connectivity index (χ1v) is 6.02. The van der Waals surface area contributed by atoms with Crippen LogP contribution in [0.25, 0.3) is 0 Å². The maximum atomic E-state index is 11.7.